The van der Waals surface area contributed by atoms with Crippen molar-refractivity contribution < 1.29 is 9.59 Å². The quantitative estimate of drug-likeness (QED) is 0.741. The van der Waals surface area contributed by atoms with E-state index in [1.807, 2.05) is 48.2 Å². The summed E-state index contributed by atoms with van der Waals surface area (Å²) in [6.07, 6.45) is 2.07. The van der Waals surface area contributed by atoms with Gasteiger partial charge in [0.1, 0.15) is 5.82 Å². The molecular weight excluding hydrogens is 422 g/mol. The average molecular weight is 446 g/mol. The number of benzene rings is 1. The van der Waals surface area contributed by atoms with Crippen LogP contribution in [-0.4, -0.2) is 54.5 Å². The number of nitrogens with one attached hydrogen (secondary N) is 2. The van der Waals surface area contributed by atoms with Crippen molar-refractivity contribution in [3.05, 3.63) is 52.6 Å². The molecule has 2 heterocycles. The molecule has 0 unspecified atom stereocenters. The summed E-state index contributed by atoms with van der Waals surface area (Å²) in [5, 5.41) is 5.52. The standard InChI is InChI=1S/C20H24BrN5O2/c1-15-14-16(5-6-17(15)21)24-20(28)23-9-7-19(27)26-12-10-25(11-13-26)18-4-2-3-8-22-18/h2-6,8,14H,7,9-13H2,1H3,(H2,23,24,28). The zero-order valence-electron chi connectivity index (χ0n) is 15.8. The fourth-order valence-corrected chi connectivity index (χ4v) is 3.31. The number of piperazine rings is 1. The maximum absolute atomic E-state index is 12.4. The van der Waals surface area contributed by atoms with E-state index < -0.39 is 0 Å². The molecule has 148 valence electrons. The van der Waals surface area contributed by atoms with Crippen molar-refractivity contribution in [2.45, 2.75) is 13.3 Å². The van der Waals surface area contributed by atoms with Gasteiger partial charge in [-0.3, -0.25) is 4.79 Å². The molecule has 1 aliphatic rings. The Balaban J connectivity index is 1.37. The maximum Gasteiger partial charge on any atom is 0.319 e. The molecule has 3 amide bonds. The molecule has 0 spiro atoms. The number of pyridine rings is 1. The maximum atomic E-state index is 12.4. The first-order valence-electron chi connectivity index (χ1n) is 9.27. The van der Waals surface area contributed by atoms with Gasteiger partial charge in [-0.25, -0.2) is 9.78 Å². The fourth-order valence-electron chi connectivity index (χ4n) is 3.06. The lowest BCUT2D eigenvalue weighted by atomic mass is 10.2. The monoisotopic (exact) mass is 445 g/mol. The van der Waals surface area contributed by atoms with E-state index in [0.29, 0.717) is 19.6 Å². The number of hydrogen-bond donors (Lipinski definition) is 2. The first kappa shape index (κ1) is 20.1. The Labute approximate surface area is 173 Å². The molecule has 1 fully saturated rings. The lowest BCUT2D eigenvalue weighted by Gasteiger charge is -2.35. The Morgan fingerprint density at radius 2 is 1.93 bits per heavy atom. The van der Waals surface area contributed by atoms with Gasteiger partial charge < -0.3 is 20.4 Å². The number of carbonyl (C=O) groups excluding carboxylic acids is 2. The molecule has 0 aliphatic carbocycles. The Hall–Kier alpha value is -2.61. The summed E-state index contributed by atoms with van der Waals surface area (Å²) in [5.74, 6) is 0.997. The normalized spacial score (nSPS) is 13.9. The van der Waals surface area contributed by atoms with Crippen molar-refractivity contribution >= 4 is 39.4 Å². The van der Waals surface area contributed by atoms with Gasteiger partial charge in [0.15, 0.2) is 0 Å². The molecular formula is C20H24BrN5O2. The number of rotatable bonds is 5. The van der Waals surface area contributed by atoms with Crippen LogP contribution in [0.15, 0.2) is 47.1 Å². The topological polar surface area (TPSA) is 77.6 Å². The van der Waals surface area contributed by atoms with Crippen molar-refractivity contribution in [3.8, 4) is 0 Å². The van der Waals surface area contributed by atoms with Crippen LogP contribution in [0.1, 0.15) is 12.0 Å². The van der Waals surface area contributed by atoms with Gasteiger partial charge in [-0.2, -0.15) is 0 Å². The van der Waals surface area contributed by atoms with Gasteiger partial charge in [0.25, 0.3) is 0 Å². The molecule has 0 radical (unpaired) electrons. The van der Waals surface area contributed by atoms with Gasteiger partial charge in [0, 0.05) is 55.5 Å². The fraction of sp³-hybridized carbons (Fsp3) is 0.350. The molecule has 2 aromatic rings. The zero-order chi connectivity index (χ0) is 19.9. The van der Waals surface area contributed by atoms with Gasteiger partial charge in [0.05, 0.1) is 0 Å². The number of urea groups is 1. The highest BCUT2D eigenvalue weighted by molar-refractivity contribution is 9.10. The van der Waals surface area contributed by atoms with E-state index in [9.17, 15) is 9.59 Å². The number of carbonyl (C=O) groups is 2. The lowest BCUT2D eigenvalue weighted by Crippen LogP contribution is -2.49. The highest BCUT2D eigenvalue weighted by Crippen LogP contribution is 2.19. The van der Waals surface area contributed by atoms with Crippen molar-refractivity contribution in [3.63, 3.8) is 0 Å². The molecule has 8 heteroatoms. The number of aryl methyl sites for hydroxylation is 1. The van der Waals surface area contributed by atoms with Crippen LogP contribution in [0.3, 0.4) is 0 Å². The first-order valence-corrected chi connectivity index (χ1v) is 10.1. The summed E-state index contributed by atoms with van der Waals surface area (Å²) in [6.45, 7) is 5.12. The second kappa shape index (κ2) is 9.54. The van der Waals surface area contributed by atoms with Gasteiger partial charge in [0.2, 0.25) is 5.91 Å². The van der Waals surface area contributed by atoms with Crippen LogP contribution in [0.2, 0.25) is 0 Å². The van der Waals surface area contributed by atoms with Gasteiger partial charge in [-0.1, -0.05) is 22.0 Å². The summed E-state index contributed by atoms with van der Waals surface area (Å²) < 4.78 is 0.993. The largest absolute Gasteiger partial charge is 0.353 e. The third kappa shape index (κ3) is 5.45. The van der Waals surface area contributed by atoms with E-state index in [0.717, 1.165) is 34.6 Å². The second-order valence-corrected chi connectivity index (χ2v) is 7.50. The van der Waals surface area contributed by atoms with Crippen LogP contribution >= 0.6 is 15.9 Å². The molecule has 2 N–H and O–H groups in total. The summed E-state index contributed by atoms with van der Waals surface area (Å²) in [6, 6.07) is 11.1. The van der Waals surface area contributed by atoms with Gasteiger partial charge in [-0.15, -0.1) is 0 Å². The van der Waals surface area contributed by atoms with Crippen LogP contribution in [0.4, 0.5) is 16.3 Å². The number of halogens is 1. The third-order valence-electron chi connectivity index (χ3n) is 4.65. The van der Waals surface area contributed by atoms with E-state index in [1.54, 1.807) is 6.20 Å². The third-order valence-corrected chi connectivity index (χ3v) is 5.54. The predicted molar refractivity (Wildman–Crippen MR) is 114 cm³/mol. The Morgan fingerprint density at radius 3 is 2.61 bits per heavy atom. The number of hydrogen-bond acceptors (Lipinski definition) is 4. The van der Waals surface area contributed by atoms with E-state index >= 15 is 0 Å². The van der Waals surface area contributed by atoms with Crippen molar-refractivity contribution in [1.29, 1.82) is 0 Å². The minimum atomic E-state index is -0.311. The van der Waals surface area contributed by atoms with Crippen LogP contribution < -0.4 is 15.5 Å². The number of aromatic nitrogens is 1. The average Bonchev–Trinajstić information content (AvgIpc) is 2.71. The number of nitrogens with zero attached hydrogens (tertiary/aromatic N) is 3. The number of anilines is 2. The first-order chi connectivity index (χ1) is 13.5. The molecule has 0 bridgehead atoms. The highest BCUT2D eigenvalue weighted by atomic mass is 79.9. The van der Waals surface area contributed by atoms with Crippen LogP contribution in [-0.2, 0) is 4.79 Å². The molecule has 0 atom stereocenters. The Bertz CT molecular complexity index is 823. The minimum Gasteiger partial charge on any atom is -0.353 e. The summed E-state index contributed by atoms with van der Waals surface area (Å²) >= 11 is 3.43. The van der Waals surface area contributed by atoms with E-state index in [1.165, 1.54) is 0 Å². The molecule has 1 aliphatic heterocycles. The molecule has 1 saturated heterocycles. The van der Waals surface area contributed by atoms with Crippen LogP contribution in [0, 0.1) is 6.92 Å². The van der Waals surface area contributed by atoms with Crippen molar-refractivity contribution in [2.24, 2.45) is 0 Å². The predicted octanol–water partition coefficient (Wildman–Crippen LogP) is 3.01. The molecule has 7 nitrogen and oxygen atoms in total. The van der Waals surface area contributed by atoms with E-state index in [4.69, 9.17) is 0 Å². The van der Waals surface area contributed by atoms with E-state index in [-0.39, 0.29) is 18.4 Å². The smallest absolute Gasteiger partial charge is 0.319 e. The van der Waals surface area contributed by atoms with Crippen molar-refractivity contribution in [1.82, 2.24) is 15.2 Å². The van der Waals surface area contributed by atoms with Crippen molar-refractivity contribution in [2.75, 3.05) is 42.9 Å². The second-order valence-electron chi connectivity index (χ2n) is 6.65. The molecule has 1 aromatic carbocycles. The minimum absolute atomic E-state index is 0.0560. The zero-order valence-corrected chi connectivity index (χ0v) is 17.4. The Kier molecular flexibility index (Phi) is 6.86. The summed E-state index contributed by atoms with van der Waals surface area (Å²) in [5.41, 5.74) is 1.76. The van der Waals surface area contributed by atoms with Crippen LogP contribution in [0.25, 0.3) is 0 Å². The van der Waals surface area contributed by atoms with Gasteiger partial charge in [-0.05, 0) is 42.8 Å². The molecule has 0 saturated carbocycles. The lowest BCUT2D eigenvalue weighted by molar-refractivity contribution is -0.131. The number of amides is 3. The van der Waals surface area contributed by atoms with E-state index in [2.05, 4.69) is 36.4 Å². The van der Waals surface area contributed by atoms with Gasteiger partial charge >= 0.3 is 6.03 Å². The summed E-state index contributed by atoms with van der Waals surface area (Å²) in [4.78, 5) is 32.7. The molecule has 1 aromatic heterocycles. The molecule has 3 rings (SSSR count). The SMILES string of the molecule is Cc1cc(NC(=O)NCCC(=O)N2CCN(c3ccccn3)CC2)ccc1Br. The molecule has 28 heavy (non-hydrogen) atoms. The highest BCUT2D eigenvalue weighted by Gasteiger charge is 2.21. The summed E-state index contributed by atoms with van der Waals surface area (Å²) in [7, 11) is 0. The van der Waals surface area contributed by atoms with Crippen LogP contribution in [0.5, 0.6) is 0 Å². The Morgan fingerprint density at radius 1 is 1.14 bits per heavy atom.